The first-order chi connectivity index (χ1) is 6.65. The molecule has 2 N–H and O–H groups in total. The largest absolute Gasteiger partial charge is 0.396 e. The molecule has 0 aliphatic rings. The molecule has 1 heterocycles. The number of anilines is 1. The highest BCUT2D eigenvalue weighted by atomic mass is 19.1. The average Bonchev–Trinajstić information content (AvgIpc) is 2.50. The molecular formula is C10H10FN3. The Labute approximate surface area is 81.0 Å². The Morgan fingerprint density at radius 2 is 2.14 bits per heavy atom. The van der Waals surface area contributed by atoms with Crippen LogP contribution in [0.5, 0.6) is 0 Å². The quantitative estimate of drug-likeness (QED) is 0.748. The van der Waals surface area contributed by atoms with Crippen molar-refractivity contribution in [2.75, 3.05) is 5.73 Å². The van der Waals surface area contributed by atoms with E-state index in [1.807, 2.05) is 13.0 Å². The lowest BCUT2D eigenvalue weighted by Gasteiger charge is -2.02. The molecule has 0 atom stereocenters. The van der Waals surface area contributed by atoms with Crippen molar-refractivity contribution in [2.45, 2.75) is 6.92 Å². The molecule has 0 spiro atoms. The summed E-state index contributed by atoms with van der Waals surface area (Å²) >= 11 is 0. The molecule has 0 bridgehead atoms. The lowest BCUT2D eigenvalue weighted by molar-refractivity contribution is 0.624. The normalized spacial score (nSPS) is 10.4. The van der Waals surface area contributed by atoms with E-state index in [4.69, 9.17) is 5.73 Å². The first-order valence-electron chi connectivity index (χ1n) is 4.23. The third kappa shape index (κ3) is 1.59. The number of nitrogen functional groups attached to an aromatic ring is 1. The fourth-order valence-electron chi connectivity index (χ4n) is 1.33. The van der Waals surface area contributed by atoms with E-state index < -0.39 is 0 Å². The summed E-state index contributed by atoms with van der Waals surface area (Å²) in [5, 5.41) is 3.99. The van der Waals surface area contributed by atoms with Crippen LogP contribution in [0, 0.1) is 12.7 Å². The molecule has 2 rings (SSSR count). The molecule has 0 saturated carbocycles. The van der Waals surface area contributed by atoms with Crippen LogP contribution in [0.4, 0.5) is 10.1 Å². The average molecular weight is 191 g/mol. The number of halogens is 1. The minimum absolute atomic E-state index is 0.269. The van der Waals surface area contributed by atoms with Crippen LogP contribution in [0.1, 0.15) is 5.56 Å². The van der Waals surface area contributed by atoms with Gasteiger partial charge in [0.05, 0.1) is 23.8 Å². The molecule has 0 aliphatic carbocycles. The lowest BCUT2D eigenvalue weighted by Crippen LogP contribution is -1.95. The summed E-state index contributed by atoms with van der Waals surface area (Å²) in [6.45, 7) is 1.83. The highest BCUT2D eigenvalue weighted by Crippen LogP contribution is 2.13. The van der Waals surface area contributed by atoms with Gasteiger partial charge >= 0.3 is 0 Å². The van der Waals surface area contributed by atoms with Crippen molar-refractivity contribution in [3.8, 4) is 5.69 Å². The van der Waals surface area contributed by atoms with Crippen LogP contribution < -0.4 is 5.73 Å². The molecule has 1 aromatic carbocycles. The summed E-state index contributed by atoms with van der Waals surface area (Å²) in [6.07, 6.45) is 3.18. The molecule has 72 valence electrons. The van der Waals surface area contributed by atoms with Crippen molar-refractivity contribution in [1.29, 1.82) is 0 Å². The van der Waals surface area contributed by atoms with Crippen LogP contribution in [0.3, 0.4) is 0 Å². The van der Waals surface area contributed by atoms with Crippen molar-refractivity contribution < 1.29 is 4.39 Å². The molecule has 0 aliphatic heterocycles. The van der Waals surface area contributed by atoms with Gasteiger partial charge in [0.2, 0.25) is 0 Å². The van der Waals surface area contributed by atoms with Crippen molar-refractivity contribution in [1.82, 2.24) is 9.78 Å². The zero-order valence-corrected chi connectivity index (χ0v) is 7.74. The zero-order chi connectivity index (χ0) is 10.1. The SMILES string of the molecule is Cc1cc(F)cc(-n2cc(N)cn2)c1. The van der Waals surface area contributed by atoms with Gasteiger partial charge in [-0.05, 0) is 30.7 Å². The predicted octanol–water partition coefficient (Wildman–Crippen LogP) is 1.90. The van der Waals surface area contributed by atoms with E-state index in [0.717, 1.165) is 5.56 Å². The highest BCUT2D eigenvalue weighted by molar-refractivity contribution is 5.40. The molecule has 0 amide bonds. The first kappa shape index (κ1) is 8.74. The fraction of sp³-hybridized carbons (Fsp3) is 0.100. The van der Waals surface area contributed by atoms with Gasteiger partial charge in [0.1, 0.15) is 5.82 Å². The number of aromatic nitrogens is 2. The molecule has 0 radical (unpaired) electrons. The number of aryl methyl sites for hydroxylation is 1. The summed E-state index contributed by atoms with van der Waals surface area (Å²) in [5.74, 6) is -0.269. The second-order valence-corrected chi connectivity index (χ2v) is 3.21. The Morgan fingerprint density at radius 1 is 1.36 bits per heavy atom. The van der Waals surface area contributed by atoms with Crippen molar-refractivity contribution in [3.63, 3.8) is 0 Å². The second-order valence-electron chi connectivity index (χ2n) is 3.21. The summed E-state index contributed by atoms with van der Waals surface area (Å²) in [5.41, 5.74) is 7.61. The number of rotatable bonds is 1. The smallest absolute Gasteiger partial charge is 0.125 e. The van der Waals surface area contributed by atoms with E-state index in [9.17, 15) is 4.39 Å². The van der Waals surface area contributed by atoms with Crippen molar-refractivity contribution in [2.24, 2.45) is 0 Å². The van der Waals surface area contributed by atoms with Crippen LogP contribution >= 0.6 is 0 Å². The van der Waals surface area contributed by atoms with E-state index in [-0.39, 0.29) is 5.82 Å². The predicted molar refractivity (Wildman–Crippen MR) is 52.7 cm³/mol. The van der Waals surface area contributed by atoms with Crippen LogP contribution in [0.15, 0.2) is 30.6 Å². The van der Waals surface area contributed by atoms with E-state index in [0.29, 0.717) is 11.4 Å². The van der Waals surface area contributed by atoms with Gasteiger partial charge < -0.3 is 5.73 Å². The maximum Gasteiger partial charge on any atom is 0.125 e. The Bertz CT molecular complexity index is 442. The molecule has 3 nitrogen and oxygen atoms in total. The number of nitrogens with zero attached hydrogens (tertiary/aromatic N) is 2. The van der Waals surface area contributed by atoms with E-state index in [1.165, 1.54) is 18.3 Å². The second kappa shape index (κ2) is 3.14. The Hall–Kier alpha value is -1.84. The topological polar surface area (TPSA) is 43.8 Å². The molecular weight excluding hydrogens is 181 g/mol. The van der Waals surface area contributed by atoms with E-state index in [2.05, 4.69) is 5.10 Å². The number of benzene rings is 1. The van der Waals surface area contributed by atoms with Gasteiger partial charge in [-0.3, -0.25) is 0 Å². The van der Waals surface area contributed by atoms with Gasteiger partial charge in [0.25, 0.3) is 0 Å². The summed E-state index contributed by atoms with van der Waals surface area (Å²) in [7, 11) is 0. The summed E-state index contributed by atoms with van der Waals surface area (Å²) < 4.78 is 14.6. The standard InChI is InChI=1S/C10H10FN3/c1-7-2-8(11)4-10(3-7)14-6-9(12)5-13-14/h2-6H,12H2,1H3. The Morgan fingerprint density at radius 3 is 2.71 bits per heavy atom. The summed E-state index contributed by atoms with van der Waals surface area (Å²) in [4.78, 5) is 0. The minimum Gasteiger partial charge on any atom is -0.396 e. The highest BCUT2D eigenvalue weighted by Gasteiger charge is 2.01. The molecule has 1 aromatic heterocycles. The number of nitrogens with two attached hydrogens (primary N) is 1. The molecule has 2 aromatic rings. The van der Waals surface area contributed by atoms with Crippen molar-refractivity contribution >= 4 is 5.69 Å². The number of hydrogen-bond acceptors (Lipinski definition) is 2. The molecule has 0 saturated heterocycles. The molecule has 0 unspecified atom stereocenters. The molecule has 0 fully saturated rings. The van der Waals surface area contributed by atoms with Gasteiger partial charge in [-0.15, -0.1) is 0 Å². The Balaban J connectivity index is 2.51. The molecule has 14 heavy (non-hydrogen) atoms. The molecule has 4 heteroatoms. The maximum absolute atomic E-state index is 13.0. The van der Waals surface area contributed by atoms with Crippen LogP contribution in [0.2, 0.25) is 0 Å². The fourth-order valence-corrected chi connectivity index (χ4v) is 1.33. The van der Waals surface area contributed by atoms with Crippen LogP contribution in [-0.4, -0.2) is 9.78 Å². The van der Waals surface area contributed by atoms with Crippen LogP contribution in [-0.2, 0) is 0 Å². The van der Waals surface area contributed by atoms with Gasteiger partial charge in [-0.2, -0.15) is 5.10 Å². The maximum atomic E-state index is 13.0. The van der Waals surface area contributed by atoms with Gasteiger partial charge in [-0.25, -0.2) is 9.07 Å². The third-order valence-electron chi connectivity index (χ3n) is 1.89. The van der Waals surface area contributed by atoms with Gasteiger partial charge in [0.15, 0.2) is 0 Å². The zero-order valence-electron chi connectivity index (χ0n) is 7.74. The van der Waals surface area contributed by atoms with E-state index >= 15 is 0 Å². The third-order valence-corrected chi connectivity index (χ3v) is 1.89. The van der Waals surface area contributed by atoms with Crippen LogP contribution in [0.25, 0.3) is 5.69 Å². The first-order valence-corrected chi connectivity index (χ1v) is 4.23. The van der Waals surface area contributed by atoms with Crippen molar-refractivity contribution in [3.05, 3.63) is 42.0 Å². The van der Waals surface area contributed by atoms with E-state index in [1.54, 1.807) is 10.9 Å². The monoisotopic (exact) mass is 191 g/mol. The summed E-state index contributed by atoms with van der Waals surface area (Å²) in [6, 6.07) is 4.73. The van der Waals surface area contributed by atoms with Gasteiger partial charge in [0, 0.05) is 0 Å². The van der Waals surface area contributed by atoms with Gasteiger partial charge in [-0.1, -0.05) is 0 Å². The minimum atomic E-state index is -0.269. The number of hydrogen-bond donors (Lipinski definition) is 1. The lowest BCUT2D eigenvalue weighted by atomic mass is 10.2. The Kier molecular flexibility index (Phi) is 1.96.